The molecule has 0 bridgehead atoms. The van der Waals surface area contributed by atoms with Crippen LogP contribution in [0.15, 0.2) is 0 Å². The summed E-state index contributed by atoms with van der Waals surface area (Å²) in [5.74, 6) is -1.50. The number of rotatable bonds is 17. The second-order valence-electron chi connectivity index (χ2n) is 7.12. The van der Waals surface area contributed by atoms with Crippen molar-refractivity contribution in [3.05, 3.63) is 0 Å². The van der Waals surface area contributed by atoms with E-state index in [2.05, 4.69) is 12.2 Å². The Labute approximate surface area is 182 Å². The van der Waals surface area contributed by atoms with E-state index in [-0.39, 0.29) is 35.5 Å². The molecule has 2 atom stereocenters. The fourth-order valence-corrected chi connectivity index (χ4v) is 2.94. The smallest absolute Gasteiger partial charge is 0.328 e. The number of hydrogen-bond acceptors (Lipinski definition) is 3. The number of carboxylic acids is 1. The van der Waals surface area contributed by atoms with E-state index < -0.39 is 18.1 Å². The number of aliphatic carboxylic acids is 1. The van der Waals surface area contributed by atoms with E-state index in [1.807, 2.05) is 0 Å². The van der Waals surface area contributed by atoms with Crippen LogP contribution in [0.3, 0.4) is 0 Å². The molecule has 0 aliphatic carbocycles. The molecule has 0 saturated heterocycles. The molecule has 26 heavy (non-hydrogen) atoms. The monoisotopic (exact) mass is 380 g/mol. The van der Waals surface area contributed by atoms with Crippen LogP contribution < -0.4 is 5.32 Å². The molecule has 3 N–H and O–H groups in total. The van der Waals surface area contributed by atoms with Crippen molar-refractivity contribution in [3.8, 4) is 0 Å². The van der Waals surface area contributed by atoms with Crippen LogP contribution in [0.5, 0.6) is 0 Å². The van der Waals surface area contributed by atoms with Gasteiger partial charge < -0.3 is 15.5 Å². The van der Waals surface area contributed by atoms with Crippen LogP contribution in [-0.4, -0.2) is 63.8 Å². The summed E-state index contributed by atoms with van der Waals surface area (Å²) in [7, 11) is 0. The maximum atomic E-state index is 11.7. The minimum atomic E-state index is -1.21. The van der Waals surface area contributed by atoms with Gasteiger partial charge >= 0.3 is 5.97 Å². The first-order chi connectivity index (χ1) is 12.0. The molecule has 0 aliphatic heterocycles. The third-order valence-electron chi connectivity index (χ3n) is 4.57. The summed E-state index contributed by atoms with van der Waals surface area (Å²) in [6, 6.07) is -1.21. The normalized spacial score (nSPS) is 12.9. The third kappa shape index (κ3) is 17.3. The maximum absolute atomic E-state index is 11.7. The summed E-state index contributed by atoms with van der Waals surface area (Å²) in [4.78, 5) is 22.6. The third-order valence-corrected chi connectivity index (χ3v) is 4.57. The Hall–Kier alpha value is -0.100. The fourth-order valence-electron chi connectivity index (χ4n) is 2.94. The molecular formula is C20H39NNaO4. The van der Waals surface area contributed by atoms with Crippen molar-refractivity contribution in [2.45, 2.75) is 116 Å². The SMILES string of the molecule is CCCCCCCCCCCCCCCC(=O)N[C@H](C(=O)O)[C@@H](C)O.[Na]. The van der Waals surface area contributed by atoms with Crippen LogP contribution in [0.2, 0.25) is 0 Å². The molecule has 5 nitrogen and oxygen atoms in total. The quantitative estimate of drug-likeness (QED) is 0.263. The topological polar surface area (TPSA) is 86.6 Å². The zero-order chi connectivity index (χ0) is 18.9. The van der Waals surface area contributed by atoms with Gasteiger partial charge in [-0.05, 0) is 13.3 Å². The molecule has 6 heteroatoms. The molecule has 0 aromatic rings. The molecule has 0 unspecified atom stereocenters. The number of amides is 1. The average Bonchev–Trinajstić information content (AvgIpc) is 2.56. The van der Waals surface area contributed by atoms with Crippen molar-refractivity contribution in [2.75, 3.05) is 0 Å². The second-order valence-corrected chi connectivity index (χ2v) is 7.12. The van der Waals surface area contributed by atoms with Gasteiger partial charge in [0.2, 0.25) is 5.91 Å². The molecule has 1 amide bonds. The van der Waals surface area contributed by atoms with Crippen molar-refractivity contribution in [2.24, 2.45) is 0 Å². The Morgan fingerprint density at radius 3 is 1.54 bits per heavy atom. The minimum absolute atomic E-state index is 0. The Bertz CT molecular complexity index is 351. The van der Waals surface area contributed by atoms with Gasteiger partial charge in [-0.3, -0.25) is 4.79 Å². The van der Waals surface area contributed by atoms with Gasteiger partial charge in [0.15, 0.2) is 6.04 Å². The number of nitrogens with one attached hydrogen (secondary N) is 1. The summed E-state index contributed by atoms with van der Waals surface area (Å²) in [6.45, 7) is 3.61. The van der Waals surface area contributed by atoms with Crippen molar-refractivity contribution in [3.63, 3.8) is 0 Å². The van der Waals surface area contributed by atoms with Crippen LogP contribution in [0.1, 0.15) is 104 Å². The van der Waals surface area contributed by atoms with Gasteiger partial charge in [-0.15, -0.1) is 0 Å². The predicted molar refractivity (Wildman–Crippen MR) is 107 cm³/mol. The van der Waals surface area contributed by atoms with E-state index in [0.717, 1.165) is 19.3 Å². The molecule has 0 rings (SSSR count). The number of carboxylic acid groups (broad SMARTS) is 1. The van der Waals surface area contributed by atoms with Gasteiger partial charge in [-0.2, -0.15) is 0 Å². The number of aliphatic hydroxyl groups is 1. The number of unbranched alkanes of at least 4 members (excludes halogenated alkanes) is 12. The standard InChI is InChI=1S/C20H39NO4.Na/c1-3-4-5-6-7-8-9-10-11-12-13-14-15-16-18(23)21-19(17(2)22)20(24)25;/h17,19,22H,3-16H2,1-2H3,(H,21,23)(H,24,25);/t17-,19+;/m1./s1. The van der Waals surface area contributed by atoms with E-state index in [1.54, 1.807) is 0 Å². The molecule has 0 aliphatic rings. The molecular weight excluding hydrogens is 341 g/mol. The summed E-state index contributed by atoms with van der Waals surface area (Å²) in [5.41, 5.74) is 0. The van der Waals surface area contributed by atoms with Crippen LogP contribution >= 0.6 is 0 Å². The molecule has 0 aromatic heterocycles. The van der Waals surface area contributed by atoms with E-state index in [4.69, 9.17) is 5.11 Å². The van der Waals surface area contributed by atoms with Gasteiger partial charge in [0.05, 0.1) is 6.10 Å². The van der Waals surface area contributed by atoms with Crippen LogP contribution in [-0.2, 0) is 9.59 Å². The molecule has 0 fully saturated rings. The second kappa shape index (κ2) is 19.7. The summed E-state index contributed by atoms with van der Waals surface area (Å²) >= 11 is 0. The number of hydrogen-bond donors (Lipinski definition) is 3. The van der Waals surface area contributed by atoms with E-state index >= 15 is 0 Å². The largest absolute Gasteiger partial charge is 0.480 e. The van der Waals surface area contributed by atoms with Crippen LogP contribution in [0.4, 0.5) is 0 Å². The van der Waals surface area contributed by atoms with Crippen molar-refractivity contribution in [1.82, 2.24) is 5.32 Å². The molecule has 0 aromatic carbocycles. The van der Waals surface area contributed by atoms with Gasteiger partial charge in [-0.1, -0.05) is 84.0 Å². The molecule has 0 spiro atoms. The summed E-state index contributed by atoms with van der Waals surface area (Å²) in [5, 5.41) is 20.6. The van der Waals surface area contributed by atoms with E-state index in [0.29, 0.717) is 6.42 Å². The van der Waals surface area contributed by atoms with Gasteiger partial charge in [0.25, 0.3) is 0 Å². The number of carbonyl (C=O) groups is 2. The zero-order valence-electron chi connectivity index (χ0n) is 17.3. The first kappa shape index (κ1) is 28.1. The molecule has 1 radical (unpaired) electrons. The van der Waals surface area contributed by atoms with Gasteiger partial charge in [-0.25, -0.2) is 4.79 Å². The predicted octanol–water partition coefficient (Wildman–Crippen LogP) is 4.04. The minimum Gasteiger partial charge on any atom is -0.480 e. The van der Waals surface area contributed by atoms with Gasteiger partial charge in [0, 0.05) is 36.0 Å². The number of carbonyl (C=O) groups excluding carboxylic acids is 1. The van der Waals surface area contributed by atoms with Crippen molar-refractivity contribution < 1.29 is 19.8 Å². The first-order valence-electron chi connectivity index (χ1n) is 10.2. The fraction of sp³-hybridized carbons (Fsp3) is 0.900. The molecule has 0 heterocycles. The van der Waals surface area contributed by atoms with E-state index in [1.165, 1.54) is 71.1 Å². The van der Waals surface area contributed by atoms with E-state index in [9.17, 15) is 14.7 Å². The molecule has 149 valence electrons. The Morgan fingerprint density at radius 2 is 1.19 bits per heavy atom. The van der Waals surface area contributed by atoms with Crippen LogP contribution in [0, 0.1) is 0 Å². The Kier molecular flexibility index (Phi) is 21.3. The number of aliphatic hydroxyl groups excluding tert-OH is 1. The maximum Gasteiger partial charge on any atom is 0.328 e. The zero-order valence-corrected chi connectivity index (χ0v) is 19.3. The Morgan fingerprint density at radius 1 is 0.808 bits per heavy atom. The average molecular weight is 381 g/mol. The van der Waals surface area contributed by atoms with Crippen molar-refractivity contribution >= 4 is 41.4 Å². The summed E-state index contributed by atoms with van der Waals surface area (Å²) < 4.78 is 0. The Balaban J connectivity index is 0. The molecule has 0 saturated carbocycles. The summed E-state index contributed by atoms with van der Waals surface area (Å²) in [6.07, 6.45) is 15.4. The van der Waals surface area contributed by atoms with Crippen molar-refractivity contribution in [1.29, 1.82) is 0 Å². The van der Waals surface area contributed by atoms with Gasteiger partial charge in [0.1, 0.15) is 0 Å². The van der Waals surface area contributed by atoms with Crippen LogP contribution in [0.25, 0.3) is 0 Å². The first-order valence-corrected chi connectivity index (χ1v) is 10.2.